The summed E-state index contributed by atoms with van der Waals surface area (Å²) in [6.07, 6.45) is 0.762. The lowest BCUT2D eigenvalue weighted by molar-refractivity contribution is -0.127. The van der Waals surface area contributed by atoms with E-state index in [0.717, 1.165) is 23.3 Å². The van der Waals surface area contributed by atoms with Crippen molar-refractivity contribution in [2.75, 3.05) is 12.3 Å². The summed E-state index contributed by atoms with van der Waals surface area (Å²) in [5, 5.41) is 14.5. The molecule has 4 rings (SSSR count). The number of carbonyl (C=O) groups is 1. The summed E-state index contributed by atoms with van der Waals surface area (Å²) < 4.78 is 5.70. The molecular weight excluding hydrogens is 372 g/mol. The molecule has 0 saturated carbocycles. The minimum atomic E-state index is -0.0677. The van der Waals surface area contributed by atoms with Gasteiger partial charge in [0, 0.05) is 12.0 Å². The first-order valence-corrected chi connectivity index (χ1v) is 10.1. The number of thioether (sulfide) groups is 1. The Morgan fingerprint density at radius 2 is 1.89 bits per heavy atom. The van der Waals surface area contributed by atoms with E-state index in [4.69, 9.17) is 4.42 Å². The van der Waals surface area contributed by atoms with Crippen LogP contribution in [0.15, 0.2) is 63.3 Å². The summed E-state index contributed by atoms with van der Waals surface area (Å²) in [4.78, 5) is 12.5. The molecule has 0 bridgehead atoms. The first-order chi connectivity index (χ1) is 13.6. The van der Waals surface area contributed by atoms with Crippen molar-refractivity contribution in [2.45, 2.75) is 25.5 Å². The van der Waals surface area contributed by atoms with Crippen LogP contribution >= 0.6 is 11.8 Å². The molecule has 0 atom stereocenters. The van der Waals surface area contributed by atoms with E-state index in [1.165, 1.54) is 27.9 Å². The topological polar surface area (TPSA) is 71.6 Å². The van der Waals surface area contributed by atoms with Crippen molar-refractivity contribution in [3.05, 3.63) is 65.2 Å². The molecule has 0 aliphatic carbocycles. The van der Waals surface area contributed by atoms with Gasteiger partial charge in [-0.3, -0.25) is 4.79 Å². The molecule has 1 aliphatic rings. The molecule has 2 aromatic carbocycles. The second-order valence-corrected chi connectivity index (χ2v) is 7.57. The number of hydrogen-bond acceptors (Lipinski definition) is 6. The number of aryl methyl sites for hydroxylation is 2. The maximum atomic E-state index is 12.5. The summed E-state index contributed by atoms with van der Waals surface area (Å²) in [5.74, 6) is 0.602. The second-order valence-electron chi connectivity index (χ2n) is 6.64. The predicted molar refractivity (Wildman–Crippen MR) is 109 cm³/mol. The average molecular weight is 392 g/mol. The highest BCUT2D eigenvalue weighted by Gasteiger charge is 2.22. The molecule has 1 amide bonds. The van der Waals surface area contributed by atoms with Crippen molar-refractivity contribution < 1.29 is 9.21 Å². The van der Waals surface area contributed by atoms with Crippen LogP contribution in [0.25, 0.3) is 11.5 Å². The van der Waals surface area contributed by atoms with E-state index < -0.39 is 0 Å². The molecule has 2 heterocycles. The van der Waals surface area contributed by atoms with E-state index in [1.54, 1.807) is 0 Å². The molecule has 6 nitrogen and oxygen atoms in total. The van der Waals surface area contributed by atoms with Gasteiger partial charge in [0.25, 0.3) is 11.1 Å². The first-order valence-electron chi connectivity index (χ1n) is 9.07. The Balaban J connectivity index is 1.37. The molecule has 28 heavy (non-hydrogen) atoms. The Bertz CT molecular complexity index is 1030. The van der Waals surface area contributed by atoms with Gasteiger partial charge in [-0.1, -0.05) is 48.2 Å². The number of hydrogen-bond donors (Lipinski definition) is 0. The van der Waals surface area contributed by atoms with Gasteiger partial charge in [0.15, 0.2) is 0 Å². The maximum absolute atomic E-state index is 12.5. The minimum Gasteiger partial charge on any atom is -0.411 e. The maximum Gasteiger partial charge on any atom is 0.277 e. The smallest absolute Gasteiger partial charge is 0.277 e. The number of nitrogens with zero attached hydrogens (tertiary/aromatic N) is 4. The standard InChI is InChI=1S/C21H20N4O2S/c1-14-8-9-17(12-15(14)2)20-22-23-21(27-20)28-13-19(26)25-11-10-18(24-25)16-6-4-3-5-7-16/h3-9,12H,10-11,13H2,1-2H3. The Kier molecular flexibility index (Phi) is 5.25. The van der Waals surface area contributed by atoms with Gasteiger partial charge in [-0.2, -0.15) is 5.10 Å². The highest BCUT2D eigenvalue weighted by Crippen LogP contribution is 2.25. The number of carbonyl (C=O) groups excluding carboxylic acids is 1. The summed E-state index contributed by atoms with van der Waals surface area (Å²) in [5.41, 5.74) is 5.25. The molecule has 0 spiro atoms. The van der Waals surface area contributed by atoms with Gasteiger partial charge in [0.2, 0.25) is 5.89 Å². The van der Waals surface area contributed by atoms with E-state index in [-0.39, 0.29) is 11.7 Å². The number of hydrazone groups is 1. The van der Waals surface area contributed by atoms with Crippen molar-refractivity contribution >= 4 is 23.4 Å². The van der Waals surface area contributed by atoms with E-state index >= 15 is 0 Å². The Hall–Kier alpha value is -2.93. The molecule has 0 fully saturated rings. The van der Waals surface area contributed by atoms with Crippen molar-refractivity contribution in [1.29, 1.82) is 0 Å². The zero-order valence-corrected chi connectivity index (χ0v) is 16.6. The lowest BCUT2D eigenvalue weighted by atomic mass is 10.1. The fourth-order valence-corrected chi connectivity index (χ4v) is 3.56. The fraction of sp³-hybridized carbons (Fsp3) is 0.238. The molecule has 7 heteroatoms. The number of rotatable bonds is 5. The number of benzene rings is 2. The van der Waals surface area contributed by atoms with Crippen LogP contribution in [0.3, 0.4) is 0 Å². The van der Waals surface area contributed by atoms with E-state index in [9.17, 15) is 4.79 Å². The highest BCUT2D eigenvalue weighted by atomic mass is 32.2. The second kappa shape index (κ2) is 7.98. The van der Waals surface area contributed by atoms with Gasteiger partial charge in [-0.05, 0) is 42.7 Å². The van der Waals surface area contributed by atoms with Gasteiger partial charge >= 0.3 is 0 Å². The van der Waals surface area contributed by atoms with Crippen LogP contribution in [0, 0.1) is 13.8 Å². The largest absolute Gasteiger partial charge is 0.411 e. The molecule has 1 aromatic heterocycles. The molecule has 1 aliphatic heterocycles. The molecule has 0 saturated heterocycles. The van der Waals surface area contributed by atoms with Crippen molar-refractivity contribution in [3.8, 4) is 11.5 Å². The van der Waals surface area contributed by atoms with Crippen molar-refractivity contribution in [3.63, 3.8) is 0 Å². The van der Waals surface area contributed by atoms with E-state index in [2.05, 4.69) is 22.2 Å². The lowest BCUT2D eigenvalue weighted by Gasteiger charge is -2.09. The number of amides is 1. The van der Waals surface area contributed by atoms with Crippen LogP contribution in [0.4, 0.5) is 0 Å². The third-order valence-electron chi connectivity index (χ3n) is 4.68. The average Bonchev–Trinajstić information content (AvgIpc) is 3.39. The quantitative estimate of drug-likeness (QED) is 0.612. The molecular formula is C21H20N4O2S. The highest BCUT2D eigenvalue weighted by molar-refractivity contribution is 7.99. The predicted octanol–water partition coefficient (Wildman–Crippen LogP) is 4.08. The Morgan fingerprint density at radius 1 is 1.07 bits per heavy atom. The first kappa shape index (κ1) is 18.4. The molecule has 0 radical (unpaired) electrons. The van der Waals surface area contributed by atoms with Crippen LogP contribution < -0.4 is 0 Å². The van der Waals surface area contributed by atoms with Crippen LogP contribution in [0.1, 0.15) is 23.1 Å². The van der Waals surface area contributed by atoms with Gasteiger partial charge in [-0.15, -0.1) is 10.2 Å². The SMILES string of the molecule is Cc1ccc(-c2nnc(SCC(=O)N3CCC(c4ccccc4)=N3)o2)cc1C. The fourth-order valence-electron chi connectivity index (χ4n) is 2.93. The summed E-state index contributed by atoms with van der Waals surface area (Å²) >= 11 is 1.23. The van der Waals surface area contributed by atoms with E-state index in [1.807, 2.05) is 55.5 Å². The minimum absolute atomic E-state index is 0.0677. The lowest BCUT2D eigenvalue weighted by Crippen LogP contribution is -2.25. The van der Waals surface area contributed by atoms with Gasteiger partial charge in [-0.25, -0.2) is 5.01 Å². The van der Waals surface area contributed by atoms with Crippen LogP contribution in [-0.4, -0.2) is 39.1 Å². The molecule has 0 N–H and O–H groups in total. The zero-order chi connectivity index (χ0) is 19.5. The van der Waals surface area contributed by atoms with Gasteiger partial charge in [0.1, 0.15) is 0 Å². The van der Waals surface area contributed by atoms with Crippen LogP contribution in [0.5, 0.6) is 0 Å². The van der Waals surface area contributed by atoms with Crippen molar-refractivity contribution in [2.24, 2.45) is 5.10 Å². The molecule has 142 valence electrons. The van der Waals surface area contributed by atoms with Gasteiger partial charge in [0.05, 0.1) is 18.0 Å². The number of aromatic nitrogens is 2. The molecule has 3 aromatic rings. The third-order valence-corrected chi connectivity index (χ3v) is 5.48. The normalized spacial score (nSPS) is 13.6. The summed E-state index contributed by atoms with van der Waals surface area (Å²) in [6, 6.07) is 15.9. The van der Waals surface area contributed by atoms with Crippen LogP contribution in [0.2, 0.25) is 0 Å². The third kappa shape index (κ3) is 3.99. The van der Waals surface area contributed by atoms with Crippen molar-refractivity contribution in [1.82, 2.24) is 15.2 Å². The Labute approximate surface area is 167 Å². The summed E-state index contributed by atoms with van der Waals surface area (Å²) in [6.45, 7) is 4.70. The monoisotopic (exact) mass is 392 g/mol. The zero-order valence-electron chi connectivity index (χ0n) is 15.8. The van der Waals surface area contributed by atoms with Crippen LogP contribution in [-0.2, 0) is 4.79 Å². The summed E-state index contributed by atoms with van der Waals surface area (Å²) in [7, 11) is 0. The van der Waals surface area contributed by atoms with Gasteiger partial charge < -0.3 is 4.42 Å². The van der Waals surface area contributed by atoms with E-state index in [0.29, 0.717) is 17.7 Å². The Morgan fingerprint density at radius 3 is 2.68 bits per heavy atom. The molecule has 0 unspecified atom stereocenters.